The van der Waals surface area contributed by atoms with Crippen LogP contribution in [0.2, 0.25) is 0 Å². The summed E-state index contributed by atoms with van der Waals surface area (Å²) in [5, 5.41) is 4.11. The number of rotatable bonds is 4. The van der Waals surface area contributed by atoms with Crippen molar-refractivity contribution in [1.82, 2.24) is 19.9 Å². The molecular formula is C21H26N4O4. The minimum absolute atomic E-state index is 0.0946. The van der Waals surface area contributed by atoms with Gasteiger partial charge in [0.15, 0.2) is 0 Å². The number of carbonyl (C=O) groups excluding carboxylic acids is 2. The molecule has 0 saturated carbocycles. The summed E-state index contributed by atoms with van der Waals surface area (Å²) in [4.78, 5) is 31.5. The molecule has 0 aliphatic carbocycles. The van der Waals surface area contributed by atoms with Crippen LogP contribution in [0.25, 0.3) is 11.3 Å². The molecule has 1 aromatic heterocycles. The second-order valence-electron chi connectivity index (χ2n) is 7.39. The Bertz CT molecular complexity index is 853. The van der Waals surface area contributed by atoms with E-state index < -0.39 is 0 Å². The molecular weight excluding hydrogens is 372 g/mol. The van der Waals surface area contributed by atoms with Crippen molar-refractivity contribution in [3.8, 4) is 11.3 Å². The lowest BCUT2D eigenvalue weighted by molar-refractivity contribution is -0.134. The monoisotopic (exact) mass is 398 g/mol. The topological polar surface area (TPSA) is 79.1 Å². The maximum Gasteiger partial charge on any atom is 0.259 e. The third-order valence-corrected chi connectivity index (χ3v) is 5.51. The molecule has 8 heteroatoms. The number of hydrogen-bond donors (Lipinski definition) is 0. The molecule has 2 aliphatic rings. The van der Waals surface area contributed by atoms with Crippen LogP contribution in [0.5, 0.6) is 0 Å². The minimum atomic E-state index is -0.0946. The Labute approximate surface area is 170 Å². The maximum atomic E-state index is 13.2. The van der Waals surface area contributed by atoms with Crippen molar-refractivity contribution in [1.29, 1.82) is 0 Å². The smallest absolute Gasteiger partial charge is 0.259 e. The van der Waals surface area contributed by atoms with Crippen molar-refractivity contribution in [2.24, 2.45) is 0 Å². The van der Waals surface area contributed by atoms with E-state index >= 15 is 0 Å². The predicted octanol–water partition coefficient (Wildman–Crippen LogP) is 1.27. The third kappa shape index (κ3) is 4.33. The van der Waals surface area contributed by atoms with E-state index in [4.69, 9.17) is 9.26 Å². The first-order chi connectivity index (χ1) is 14.1. The molecule has 2 fully saturated rings. The van der Waals surface area contributed by atoms with Gasteiger partial charge in [0.25, 0.3) is 5.91 Å². The largest absolute Gasteiger partial charge is 0.379 e. The van der Waals surface area contributed by atoms with Crippen molar-refractivity contribution >= 4 is 11.8 Å². The number of aryl methyl sites for hydroxylation is 1. The van der Waals surface area contributed by atoms with Gasteiger partial charge in [-0.2, -0.15) is 0 Å². The van der Waals surface area contributed by atoms with Gasteiger partial charge in [0, 0.05) is 44.8 Å². The van der Waals surface area contributed by atoms with Gasteiger partial charge in [-0.05, 0) is 6.92 Å². The van der Waals surface area contributed by atoms with Crippen LogP contribution in [0.15, 0.2) is 34.9 Å². The van der Waals surface area contributed by atoms with Crippen molar-refractivity contribution in [2.75, 3.05) is 59.0 Å². The molecule has 2 amide bonds. The summed E-state index contributed by atoms with van der Waals surface area (Å²) in [7, 11) is 0. The second kappa shape index (κ2) is 8.75. The van der Waals surface area contributed by atoms with Crippen LogP contribution in [-0.4, -0.2) is 90.7 Å². The van der Waals surface area contributed by atoms with Crippen molar-refractivity contribution in [3.63, 3.8) is 0 Å². The lowest BCUT2D eigenvalue weighted by Crippen LogP contribution is -2.53. The van der Waals surface area contributed by atoms with Crippen LogP contribution in [0, 0.1) is 6.92 Å². The summed E-state index contributed by atoms with van der Waals surface area (Å²) < 4.78 is 10.7. The maximum absolute atomic E-state index is 13.2. The van der Waals surface area contributed by atoms with Gasteiger partial charge in [0.2, 0.25) is 5.91 Å². The highest BCUT2D eigenvalue weighted by Crippen LogP contribution is 2.26. The quantitative estimate of drug-likeness (QED) is 0.772. The van der Waals surface area contributed by atoms with Crippen LogP contribution in [0.4, 0.5) is 0 Å². The van der Waals surface area contributed by atoms with Crippen LogP contribution < -0.4 is 0 Å². The molecule has 1 aromatic carbocycles. The third-order valence-electron chi connectivity index (χ3n) is 5.51. The zero-order valence-corrected chi connectivity index (χ0v) is 16.7. The van der Waals surface area contributed by atoms with Gasteiger partial charge < -0.3 is 19.1 Å². The van der Waals surface area contributed by atoms with Crippen LogP contribution in [-0.2, 0) is 9.53 Å². The van der Waals surface area contributed by atoms with Gasteiger partial charge in [-0.3, -0.25) is 14.5 Å². The molecule has 29 heavy (non-hydrogen) atoms. The first-order valence-electron chi connectivity index (χ1n) is 10.0. The zero-order valence-electron chi connectivity index (χ0n) is 16.7. The fourth-order valence-electron chi connectivity index (χ4n) is 3.78. The van der Waals surface area contributed by atoms with Gasteiger partial charge in [0.05, 0.1) is 19.8 Å². The normalized spacial score (nSPS) is 18.1. The molecule has 8 nitrogen and oxygen atoms in total. The number of piperazine rings is 1. The Balaban J connectivity index is 1.38. The van der Waals surface area contributed by atoms with E-state index in [1.807, 2.05) is 35.2 Å². The highest BCUT2D eigenvalue weighted by Gasteiger charge is 2.30. The number of amides is 2. The minimum Gasteiger partial charge on any atom is -0.379 e. The molecule has 0 spiro atoms. The fourth-order valence-corrected chi connectivity index (χ4v) is 3.78. The zero-order chi connectivity index (χ0) is 20.2. The van der Waals surface area contributed by atoms with Crippen molar-refractivity contribution < 1.29 is 18.8 Å². The number of carbonyl (C=O) groups is 2. The number of benzene rings is 1. The lowest BCUT2D eigenvalue weighted by Gasteiger charge is -2.36. The van der Waals surface area contributed by atoms with E-state index in [1.165, 1.54) is 0 Å². The molecule has 2 aromatic rings. The molecule has 3 heterocycles. The summed E-state index contributed by atoms with van der Waals surface area (Å²) in [6.07, 6.45) is 0. The van der Waals surface area contributed by atoms with Crippen LogP contribution >= 0.6 is 0 Å². The average Bonchev–Trinajstić information content (AvgIpc) is 3.16. The highest BCUT2D eigenvalue weighted by atomic mass is 16.5. The summed E-state index contributed by atoms with van der Waals surface area (Å²) in [5.41, 5.74) is 1.93. The van der Waals surface area contributed by atoms with Crippen molar-refractivity contribution in [2.45, 2.75) is 6.92 Å². The van der Waals surface area contributed by atoms with E-state index in [0.717, 1.165) is 18.7 Å². The van der Waals surface area contributed by atoms with Crippen molar-refractivity contribution in [3.05, 3.63) is 41.7 Å². The fraction of sp³-hybridized carbons (Fsp3) is 0.476. The molecule has 0 radical (unpaired) electrons. The van der Waals surface area contributed by atoms with Gasteiger partial charge in [-0.25, -0.2) is 0 Å². The van der Waals surface area contributed by atoms with E-state index in [1.54, 1.807) is 11.8 Å². The van der Waals surface area contributed by atoms with Gasteiger partial charge in [-0.15, -0.1) is 0 Å². The lowest BCUT2D eigenvalue weighted by atomic mass is 10.0. The van der Waals surface area contributed by atoms with Gasteiger partial charge in [-0.1, -0.05) is 35.5 Å². The van der Waals surface area contributed by atoms with E-state index in [0.29, 0.717) is 63.0 Å². The van der Waals surface area contributed by atoms with Gasteiger partial charge >= 0.3 is 0 Å². The Morgan fingerprint density at radius 2 is 1.62 bits per heavy atom. The standard InChI is InChI=1S/C21H26N4O4/c1-16-19(20(22-29-16)17-5-3-2-4-6-17)21(27)25-9-7-24(8-10-25)18(26)15-23-11-13-28-14-12-23/h2-6H,7-15H2,1H3. The molecule has 0 bridgehead atoms. The molecule has 0 N–H and O–H groups in total. The first-order valence-corrected chi connectivity index (χ1v) is 10.0. The Morgan fingerprint density at radius 3 is 2.31 bits per heavy atom. The number of nitrogens with zero attached hydrogens (tertiary/aromatic N) is 4. The second-order valence-corrected chi connectivity index (χ2v) is 7.39. The average molecular weight is 398 g/mol. The highest BCUT2D eigenvalue weighted by molar-refractivity contribution is 6.00. The van der Waals surface area contributed by atoms with E-state index in [2.05, 4.69) is 10.1 Å². The molecule has 2 aliphatic heterocycles. The first kappa shape index (κ1) is 19.6. The molecule has 2 saturated heterocycles. The molecule has 0 atom stereocenters. The summed E-state index contributed by atoms with van der Waals surface area (Å²) in [6, 6.07) is 9.57. The Hall–Kier alpha value is -2.71. The molecule has 0 unspecified atom stereocenters. The Morgan fingerprint density at radius 1 is 0.966 bits per heavy atom. The van der Waals surface area contributed by atoms with Crippen LogP contribution in [0.1, 0.15) is 16.1 Å². The SMILES string of the molecule is Cc1onc(-c2ccccc2)c1C(=O)N1CCN(C(=O)CN2CCOCC2)CC1. The van der Waals surface area contributed by atoms with Crippen LogP contribution in [0.3, 0.4) is 0 Å². The summed E-state index contributed by atoms with van der Waals surface area (Å²) in [5.74, 6) is 0.535. The summed E-state index contributed by atoms with van der Waals surface area (Å²) >= 11 is 0. The molecule has 154 valence electrons. The number of hydrogen-bond acceptors (Lipinski definition) is 6. The molecule has 4 rings (SSSR count). The predicted molar refractivity (Wildman–Crippen MR) is 106 cm³/mol. The Kier molecular flexibility index (Phi) is 5.92. The van der Waals surface area contributed by atoms with Gasteiger partial charge in [0.1, 0.15) is 17.0 Å². The summed E-state index contributed by atoms with van der Waals surface area (Å²) in [6.45, 7) is 7.21. The van der Waals surface area contributed by atoms with E-state index in [9.17, 15) is 9.59 Å². The number of ether oxygens (including phenoxy) is 1. The number of aromatic nitrogens is 1. The number of morpholine rings is 1. The van der Waals surface area contributed by atoms with E-state index in [-0.39, 0.29) is 11.8 Å².